The van der Waals surface area contributed by atoms with Gasteiger partial charge in [0, 0.05) is 18.1 Å². The van der Waals surface area contributed by atoms with Crippen molar-refractivity contribution in [2.75, 3.05) is 31.7 Å². The van der Waals surface area contributed by atoms with Crippen molar-refractivity contribution in [2.24, 2.45) is 4.99 Å². The molecule has 0 radical (unpaired) electrons. The number of hydrogen-bond donors (Lipinski definition) is 0. The molecule has 30 heavy (non-hydrogen) atoms. The fraction of sp³-hybridized carbons (Fsp3) is 0.500. The molecule has 0 aliphatic carbocycles. The monoisotopic (exact) mass is 469 g/mol. The molecule has 0 bridgehead atoms. The average Bonchev–Trinajstić information content (AvgIpc) is 2.89. The van der Waals surface area contributed by atoms with Crippen molar-refractivity contribution in [3.63, 3.8) is 0 Å². The van der Waals surface area contributed by atoms with Gasteiger partial charge in [-0.3, -0.25) is 14.4 Å². The minimum atomic E-state index is -0.434. The van der Waals surface area contributed by atoms with Crippen molar-refractivity contribution in [3.8, 4) is 0 Å². The molecule has 7 nitrogen and oxygen atoms in total. The fourth-order valence-electron chi connectivity index (χ4n) is 3.25. The molecule has 2 heterocycles. The molecule has 1 fully saturated rings. The molecule has 1 aromatic heterocycles. The Bertz CT molecular complexity index is 994. The number of benzene rings is 1. The molecule has 1 aliphatic rings. The Labute approximate surface area is 188 Å². The lowest BCUT2D eigenvalue weighted by atomic mass is 10.2. The standard InChI is InChI=1S/C20H24ClN3O4S2/c1-28-19(27)11-24-15-7-6-14(21)10-16(15)30-20(24)22-17(25)12-29-13-18(26)23-8-4-2-3-5-9-23/h6-7,10H,2-5,8-9,11-13H2,1H3. The molecule has 1 aliphatic heterocycles. The summed E-state index contributed by atoms with van der Waals surface area (Å²) >= 11 is 8.61. The molecule has 0 saturated carbocycles. The summed E-state index contributed by atoms with van der Waals surface area (Å²) < 4.78 is 7.23. The van der Waals surface area contributed by atoms with Crippen LogP contribution in [0, 0.1) is 0 Å². The topological polar surface area (TPSA) is 81.0 Å². The number of hydrogen-bond acceptors (Lipinski definition) is 6. The highest BCUT2D eigenvalue weighted by molar-refractivity contribution is 8.00. The smallest absolute Gasteiger partial charge is 0.325 e. The zero-order valence-electron chi connectivity index (χ0n) is 16.8. The van der Waals surface area contributed by atoms with Gasteiger partial charge in [0.25, 0.3) is 5.91 Å². The Morgan fingerprint density at radius 3 is 2.60 bits per heavy atom. The molecule has 0 unspecified atom stereocenters. The molecular formula is C20H24ClN3O4S2. The molecule has 162 valence electrons. The van der Waals surface area contributed by atoms with E-state index < -0.39 is 5.97 Å². The lowest BCUT2D eigenvalue weighted by Crippen LogP contribution is -2.33. The summed E-state index contributed by atoms with van der Waals surface area (Å²) in [4.78, 5) is 43.1. The first-order valence-corrected chi connectivity index (χ1v) is 12.1. The van der Waals surface area contributed by atoms with E-state index in [1.54, 1.807) is 22.8 Å². The van der Waals surface area contributed by atoms with Gasteiger partial charge in [-0.2, -0.15) is 4.99 Å². The molecule has 0 atom stereocenters. The van der Waals surface area contributed by atoms with Crippen LogP contribution in [-0.2, 0) is 25.7 Å². The molecule has 0 N–H and O–H groups in total. The number of amides is 2. The van der Waals surface area contributed by atoms with Crippen LogP contribution >= 0.6 is 34.7 Å². The van der Waals surface area contributed by atoms with Gasteiger partial charge in [0.05, 0.1) is 28.8 Å². The maximum absolute atomic E-state index is 12.4. The number of nitrogens with zero attached hydrogens (tertiary/aromatic N) is 3. The zero-order valence-corrected chi connectivity index (χ0v) is 19.2. The summed E-state index contributed by atoms with van der Waals surface area (Å²) in [5.74, 6) is -0.332. The van der Waals surface area contributed by atoms with Crippen molar-refractivity contribution in [1.29, 1.82) is 0 Å². The number of thiazole rings is 1. The lowest BCUT2D eigenvalue weighted by Gasteiger charge is -2.19. The highest BCUT2D eigenvalue weighted by Crippen LogP contribution is 2.22. The van der Waals surface area contributed by atoms with Gasteiger partial charge in [0.2, 0.25) is 5.91 Å². The van der Waals surface area contributed by atoms with Crippen LogP contribution < -0.4 is 4.80 Å². The largest absolute Gasteiger partial charge is 0.468 e. The van der Waals surface area contributed by atoms with Crippen LogP contribution in [0.15, 0.2) is 23.2 Å². The predicted molar refractivity (Wildman–Crippen MR) is 120 cm³/mol. The van der Waals surface area contributed by atoms with E-state index in [4.69, 9.17) is 16.3 Å². The van der Waals surface area contributed by atoms with E-state index in [9.17, 15) is 14.4 Å². The second kappa shape index (κ2) is 11.0. The van der Waals surface area contributed by atoms with Gasteiger partial charge in [-0.25, -0.2) is 0 Å². The second-order valence-corrected chi connectivity index (χ2v) is 9.38. The number of methoxy groups -OCH3 is 1. The third-order valence-electron chi connectivity index (χ3n) is 4.79. The van der Waals surface area contributed by atoms with Crippen LogP contribution in [0.4, 0.5) is 0 Å². The number of aromatic nitrogens is 1. The Kier molecular flexibility index (Phi) is 8.35. The number of halogens is 1. The Hall–Kier alpha value is -1.84. The summed E-state index contributed by atoms with van der Waals surface area (Å²) in [6.45, 7) is 1.55. The van der Waals surface area contributed by atoms with Gasteiger partial charge in [-0.15, -0.1) is 11.8 Å². The highest BCUT2D eigenvalue weighted by Gasteiger charge is 2.16. The van der Waals surface area contributed by atoms with E-state index >= 15 is 0 Å². The number of carbonyl (C=O) groups excluding carboxylic acids is 3. The number of rotatable bonds is 6. The van der Waals surface area contributed by atoms with Crippen molar-refractivity contribution in [3.05, 3.63) is 28.0 Å². The summed E-state index contributed by atoms with van der Waals surface area (Å²) in [6.07, 6.45) is 4.42. The van der Waals surface area contributed by atoms with E-state index in [0.717, 1.165) is 36.1 Å². The highest BCUT2D eigenvalue weighted by atomic mass is 35.5. The van der Waals surface area contributed by atoms with Crippen LogP contribution in [0.3, 0.4) is 0 Å². The lowest BCUT2D eigenvalue weighted by molar-refractivity contribution is -0.141. The number of esters is 1. The zero-order chi connectivity index (χ0) is 21.5. The van der Waals surface area contributed by atoms with Crippen LogP contribution in [0.2, 0.25) is 5.02 Å². The number of carbonyl (C=O) groups is 3. The maximum atomic E-state index is 12.4. The average molecular weight is 470 g/mol. The first-order chi connectivity index (χ1) is 14.5. The Balaban J connectivity index is 1.69. The summed E-state index contributed by atoms with van der Waals surface area (Å²) in [7, 11) is 1.31. The Morgan fingerprint density at radius 2 is 1.90 bits per heavy atom. The van der Waals surface area contributed by atoms with Crippen molar-refractivity contribution in [2.45, 2.75) is 32.2 Å². The van der Waals surface area contributed by atoms with E-state index in [1.165, 1.54) is 43.1 Å². The van der Waals surface area contributed by atoms with Gasteiger partial charge in [0.1, 0.15) is 6.54 Å². The van der Waals surface area contributed by atoms with E-state index in [1.807, 2.05) is 4.90 Å². The maximum Gasteiger partial charge on any atom is 0.325 e. The number of thioether (sulfide) groups is 1. The van der Waals surface area contributed by atoms with Crippen molar-refractivity contribution < 1.29 is 19.1 Å². The third kappa shape index (κ3) is 6.09. The minimum Gasteiger partial charge on any atom is -0.468 e. The first-order valence-electron chi connectivity index (χ1n) is 9.76. The van der Waals surface area contributed by atoms with Crippen LogP contribution in [0.25, 0.3) is 10.2 Å². The van der Waals surface area contributed by atoms with E-state index in [2.05, 4.69) is 4.99 Å². The van der Waals surface area contributed by atoms with E-state index in [0.29, 0.717) is 9.82 Å². The van der Waals surface area contributed by atoms with Crippen LogP contribution in [-0.4, -0.2) is 59.0 Å². The van der Waals surface area contributed by atoms with Gasteiger partial charge >= 0.3 is 5.97 Å². The van der Waals surface area contributed by atoms with Crippen LogP contribution in [0.5, 0.6) is 0 Å². The van der Waals surface area contributed by atoms with Crippen molar-refractivity contribution in [1.82, 2.24) is 9.47 Å². The quantitative estimate of drug-likeness (QED) is 0.607. The SMILES string of the molecule is COC(=O)Cn1c(=NC(=O)CSCC(=O)N2CCCCCC2)sc2cc(Cl)ccc21. The molecule has 10 heteroatoms. The fourth-order valence-corrected chi connectivity index (χ4v) is 5.28. The minimum absolute atomic E-state index is 0.0508. The van der Waals surface area contributed by atoms with Gasteiger partial charge < -0.3 is 14.2 Å². The summed E-state index contributed by atoms with van der Waals surface area (Å²) in [5.41, 5.74) is 0.755. The number of fused-ring (bicyclic) bond motifs is 1. The molecule has 1 aromatic carbocycles. The van der Waals surface area contributed by atoms with Gasteiger partial charge in [-0.1, -0.05) is 35.8 Å². The van der Waals surface area contributed by atoms with E-state index in [-0.39, 0.29) is 29.9 Å². The third-order valence-corrected chi connectivity index (χ3v) is 6.97. The number of likely N-dealkylation sites (tertiary alicyclic amines) is 1. The summed E-state index contributed by atoms with van der Waals surface area (Å²) in [6, 6.07) is 5.28. The molecule has 2 aromatic rings. The number of ether oxygens (including phenoxy) is 1. The Morgan fingerprint density at radius 1 is 1.17 bits per heavy atom. The molecule has 2 amide bonds. The van der Waals surface area contributed by atoms with Gasteiger partial charge in [0.15, 0.2) is 4.80 Å². The second-order valence-electron chi connectivity index (χ2n) is 6.95. The predicted octanol–water partition coefficient (Wildman–Crippen LogP) is 3.09. The first kappa shape index (κ1) is 22.8. The van der Waals surface area contributed by atoms with Gasteiger partial charge in [-0.05, 0) is 31.0 Å². The van der Waals surface area contributed by atoms with Crippen LogP contribution in [0.1, 0.15) is 25.7 Å². The molecule has 0 spiro atoms. The molecule has 3 rings (SSSR count). The summed E-state index contributed by atoms with van der Waals surface area (Å²) in [5, 5.41) is 0.564. The molecule has 1 saturated heterocycles. The normalized spacial score (nSPS) is 15.3. The molecular weight excluding hydrogens is 446 g/mol. The van der Waals surface area contributed by atoms with Crippen molar-refractivity contribution >= 4 is 62.7 Å².